The van der Waals surface area contributed by atoms with Gasteiger partial charge in [0.25, 0.3) is 0 Å². The molecule has 0 fully saturated rings. The summed E-state index contributed by atoms with van der Waals surface area (Å²) < 4.78 is 1.96. The van der Waals surface area contributed by atoms with Gasteiger partial charge in [0, 0.05) is 25.4 Å². The Labute approximate surface area is 122 Å². The Hall–Kier alpha value is -2.24. The van der Waals surface area contributed by atoms with E-state index >= 15 is 0 Å². The largest absolute Gasteiger partial charge is 0.391 e. The molecule has 106 valence electrons. The molecule has 1 aromatic carbocycles. The molecule has 3 aromatic rings. The van der Waals surface area contributed by atoms with Gasteiger partial charge in [-0.25, -0.2) is 9.97 Å². The van der Waals surface area contributed by atoms with Crippen LogP contribution in [0, 0.1) is 0 Å². The van der Waals surface area contributed by atoms with Gasteiger partial charge in [0.15, 0.2) is 0 Å². The zero-order chi connectivity index (χ0) is 14.2. The van der Waals surface area contributed by atoms with E-state index in [1.165, 1.54) is 11.1 Å². The smallest absolute Gasteiger partial charge is 0.233 e. The minimum Gasteiger partial charge on any atom is -0.391 e. The minimum absolute atomic E-state index is 0.0246. The normalized spacial score (nSPS) is 20.8. The van der Waals surface area contributed by atoms with Crippen molar-refractivity contribution in [3.8, 4) is 0 Å². The fourth-order valence-electron chi connectivity index (χ4n) is 3.04. The highest BCUT2D eigenvalue weighted by molar-refractivity contribution is 5.36. The lowest BCUT2D eigenvalue weighted by Crippen LogP contribution is -2.28. The van der Waals surface area contributed by atoms with Crippen molar-refractivity contribution in [2.24, 2.45) is 0 Å². The Morgan fingerprint density at radius 2 is 2.14 bits per heavy atom. The molecule has 1 aliphatic rings. The third-order valence-electron chi connectivity index (χ3n) is 4.07. The van der Waals surface area contributed by atoms with Gasteiger partial charge < -0.3 is 10.4 Å². The molecule has 0 spiro atoms. The molecule has 1 aliphatic carbocycles. The zero-order valence-electron chi connectivity index (χ0n) is 11.5. The first-order chi connectivity index (χ1) is 10.3. The molecule has 2 N–H and O–H groups in total. The van der Waals surface area contributed by atoms with E-state index < -0.39 is 0 Å². The molecule has 0 amide bonds. The predicted octanol–water partition coefficient (Wildman–Crippen LogP) is 1.48. The van der Waals surface area contributed by atoms with Crippen LogP contribution in [0.5, 0.6) is 0 Å². The average Bonchev–Trinajstić information content (AvgIpc) is 3.06. The Bertz CT molecular complexity index is 783. The number of benzene rings is 1. The summed E-state index contributed by atoms with van der Waals surface area (Å²) in [5.74, 6) is 0.696. The predicted molar refractivity (Wildman–Crippen MR) is 78.7 cm³/mol. The summed E-state index contributed by atoms with van der Waals surface area (Å²) in [4.78, 5) is 8.48. The third kappa shape index (κ3) is 2.11. The average molecular weight is 280 g/mol. The molecule has 5 nitrogen and oxygen atoms in total. The van der Waals surface area contributed by atoms with E-state index in [-0.39, 0.29) is 12.1 Å². The summed E-state index contributed by atoms with van der Waals surface area (Å²) in [5.41, 5.74) is 3.45. The fraction of sp³-hybridized carbons (Fsp3) is 0.250. The van der Waals surface area contributed by atoms with Gasteiger partial charge in [-0.15, -0.1) is 0 Å². The van der Waals surface area contributed by atoms with Crippen LogP contribution < -0.4 is 5.32 Å². The number of aliphatic hydroxyl groups is 1. The van der Waals surface area contributed by atoms with E-state index in [1.807, 2.05) is 35.0 Å². The summed E-state index contributed by atoms with van der Waals surface area (Å²) in [5, 5.41) is 13.7. The molecule has 21 heavy (non-hydrogen) atoms. The van der Waals surface area contributed by atoms with Crippen LogP contribution in [0.3, 0.4) is 0 Å². The molecule has 4 rings (SSSR count). The number of fused-ring (bicyclic) bond motifs is 2. The van der Waals surface area contributed by atoms with Crippen molar-refractivity contribution in [2.45, 2.75) is 25.1 Å². The Morgan fingerprint density at radius 1 is 1.24 bits per heavy atom. The van der Waals surface area contributed by atoms with Crippen LogP contribution in [0.25, 0.3) is 5.78 Å². The van der Waals surface area contributed by atoms with Crippen LogP contribution in [0.1, 0.15) is 22.9 Å². The fourth-order valence-corrected chi connectivity index (χ4v) is 3.04. The van der Waals surface area contributed by atoms with Gasteiger partial charge in [0.05, 0.1) is 24.0 Å². The number of nitrogens with one attached hydrogen (secondary N) is 1. The van der Waals surface area contributed by atoms with Crippen LogP contribution >= 0.6 is 0 Å². The third-order valence-corrected chi connectivity index (χ3v) is 4.07. The van der Waals surface area contributed by atoms with E-state index in [0.717, 1.165) is 5.69 Å². The number of rotatable bonds is 3. The van der Waals surface area contributed by atoms with E-state index in [0.29, 0.717) is 18.7 Å². The quantitative estimate of drug-likeness (QED) is 0.763. The van der Waals surface area contributed by atoms with Gasteiger partial charge in [0.2, 0.25) is 5.78 Å². The number of hydrogen-bond donors (Lipinski definition) is 2. The van der Waals surface area contributed by atoms with E-state index in [2.05, 4.69) is 27.4 Å². The summed E-state index contributed by atoms with van der Waals surface area (Å²) in [6.07, 6.45) is 5.84. The van der Waals surface area contributed by atoms with Crippen molar-refractivity contribution in [2.75, 3.05) is 0 Å². The van der Waals surface area contributed by atoms with Crippen LogP contribution in [0.4, 0.5) is 0 Å². The van der Waals surface area contributed by atoms with Crippen molar-refractivity contribution >= 4 is 5.78 Å². The van der Waals surface area contributed by atoms with Crippen LogP contribution in [0.15, 0.2) is 48.9 Å². The van der Waals surface area contributed by atoms with Crippen molar-refractivity contribution in [3.63, 3.8) is 0 Å². The standard InChI is InChI=1S/C16H16N4O/c21-14-8-11-4-1-2-5-13(11)15(14)18-9-12-10-19-16-17-6-3-7-20(12)16/h1-7,10,14-15,18,21H,8-9H2/t14-,15+/m0/s1. The topological polar surface area (TPSA) is 62.5 Å². The maximum atomic E-state index is 10.3. The second kappa shape index (κ2) is 4.95. The number of imidazole rings is 1. The van der Waals surface area contributed by atoms with E-state index in [4.69, 9.17) is 0 Å². The summed E-state index contributed by atoms with van der Waals surface area (Å²) in [6, 6.07) is 10.1. The first-order valence-corrected chi connectivity index (χ1v) is 7.09. The summed E-state index contributed by atoms with van der Waals surface area (Å²) in [6.45, 7) is 0.642. The van der Waals surface area contributed by atoms with Crippen molar-refractivity contribution in [1.29, 1.82) is 0 Å². The monoisotopic (exact) mass is 280 g/mol. The van der Waals surface area contributed by atoms with Crippen LogP contribution in [-0.2, 0) is 13.0 Å². The number of aliphatic hydroxyl groups excluding tert-OH is 1. The highest BCUT2D eigenvalue weighted by atomic mass is 16.3. The van der Waals surface area contributed by atoms with Gasteiger partial charge in [-0.3, -0.25) is 4.40 Å². The molecule has 0 radical (unpaired) electrons. The lowest BCUT2D eigenvalue weighted by Gasteiger charge is -2.17. The Balaban J connectivity index is 1.57. The van der Waals surface area contributed by atoms with E-state index in [9.17, 15) is 5.11 Å². The lowest BCUT2D eigenvalue weighted by molar-refractivity contribution is 0.140. The zero-order valence-corrected chi connectivity index (χ0v) is 11.5. The van der Waals surface area contributed by atoms with Gasteiger partial charge in [0.1, 0.15) is 0 Å². The second-order valence-electron chi connectivity index (χ2n) is 5.37. The van der Waals surface area contributed by atoms with Crippen molar-refractivity contribution < 1.29 is 5.11 Å². The summed E-state index contributed by atoms with van der Waals surface area (Å²) in [7, 11) is 0. The highest BCUT2D eigenvalue weighted by Gasteiger charge is 2.30. The lowest BCUT2D eigenvalue weighted by atomic mass is 10.1. The molecular formula is C16H16N4O. The Kier molecular flexibility index (Phi) is 2.94. The molecule has 2 aromatic heterocycles. The second-order valence-corrected chi connectivity index (χ2v) is 5.37. The van der Waals surface area contributed by atoms with Gasteiger partial charge in [-0.1, -0.05) is 24.3 Å². The number of nitrogens with zero attached hydrogens (tertiary/aromatic N) is 3. The number of hydrogen-bond acceptors (Lipinski definition) is 4. The van der Waals surface area contributed by atoms with Crippen LogP contribution in [0.2, 0.25) is 0 Å². The molecule has 0 saturated heterocycles. The molecule has 2 heterocycles. The Morgan fingerprint density at radius 3 is 3.10 bits per heavy atom. The van der Waals surface area contributed by atoms with Gasteiger partial charge in [-0.2, -0.15) is 0 Å². The van der Waals surface area contributed by atoms with Crippen LogP contribution in [-0.4, -0.2) is 25.6 Å². The maximum absolute atomic E-state index is 10.3. The highest BCUT2D eigenvalue weighted by Crippen LogP contribution is 2.31. The molecule has 5 heteroatoms. The molecule has 0 aliphatic heterocycles. The minimum atomic E-state index is -0.375. The molecule has 0 saturated carbocycles. The summed E-state index contributed by atoms with van der Waals surface area (Å²) >= 11 is 0. The van der Waals surface area contributed by atoms with Gasteiger partial charge >= 0.3 is 0 Å². The van der Waals surface area contributed by atoms with E-state index in [1.54, 1.807) is 6.20 Å². The first-order valence-electron chi connectivity index (χ1n) is 7.09. The van der Waals surface area contributed by atoms with Crippen molar-refractivity contribution in [1.82, 2.24) is 19.7 Å². The van der Waals surface area contributed by atoms with Crippen molar-refractivity contribution in [3.05, 3.63) is 65.7 Å². The molecule has 0 unspecified atom stereocenters. The van der Waals surface area contributed by atoms with Gasteiger partial charge in [-0.05, 0) is 17.2 Å². The molecule has 2 atom stereocenters. The molecule has 0 bridgehead atoms. The maximum Gasteiger partial charge on any atom is 0.233 e. The SMILES string of the molecule is O[C@H]1Cc2ccccc2[C@H]1NCc1cnc2ncccn12. The molecular weight excluding hydrogens is 264 g/mol. The first kappa shape index (κ1) is 12.5. The number of aromatic nitrogens is 3.